The molecule has 1 saturated heterocycles. The zero-order chi connectivity index (χ0) is 37.2. The van der Waals surface area contributed by atoms with E-state index in [2.05, 4.69) is 88.1 Å². The fourth-order valence-corrected chi connectivity index (χ4v) is 7.80. The van der Waals surface area contributed by atoms with Gasteiger partial charge in [-0.15, -0.1) is 0 Å². The number of nitrogens with zero attached hydrogens (tertiary/aromatic N) is 3. The summed E-state index contributed by atoms with van der Waals surface area (Å²) < 4.78 is 30.5. The maximum Gasteiger partial charge on any atom is 0.405 e. The molecular weight excluding hydrogens is 716 g/mol. The van der Waals surface area contributed by atoms with Crippen molar-refractivity contribution in [3.8, 4) is 0 Å². The maximum absolute atomic E-state index is 13.2. The van der Waals surface area contributed by atoms with Crippen LogP contribution in [-0.4, -0.2) is 86.8 Å². The van der Waals surface area contributed by atoms with E-state index in [0.717, 1.165) is 55.8 Å². The molecule has 1 aromatic heterocycles. The minimum atomic E-state index is -3.76. The Morgan fingerprint density at radius 2 is 1.57 bits per heavy atom. The summed E-state index contributed by atoms with van der Waals surface area (Å²) in [5.41, 5.74) is 4.59. The molecule has 1 aliphatic rings. The molecule has 0 aromatic carbocycles. The van der Waals surface area contributed by atoms with Crippen LogP contribution in [0, 0.1) is 0 Å². The third kappa shape index (κ3) is 19.2. The lowest BCUT2D eigenvalue weighted by atomic mass is 10.1. The largest absolute Gasteiger partial charge is 0.405 e. The van der Waals surface area contributed by atoms with Gasteiger partial charge in [0.2, 0.25) is 11.9 Å². The van der Waals surface area contributed by atoms with Crippen molar-refractivity contribution in [3.05, 3.63) is 77.6 Å². The van der Waals surface area contributed by atoms with E-state index in [1.54, 1.807) is 28.5 Å². The number of rotatable bonds is 27. The highest BCUT2D eigenvalue weighted by atomic mass is 33.1. The van der Waals surface area contributed by atoms with Crippen LogP contribution in [0.15, 0.2) is 71.9 Å². The fourth-order valence-electron chi connectivity index (χ4n) is 4.51. The van der Waals surface area contributed by atoms with Crippen molar-refractivity contribution < 1.29 is 33.4 Å². The van der Waals surface area contributed by atoms with E-state index in [9.17, 15) is 24.4 Å². The number of nitrogens with one attached hydrogen (secondary N) is 2. The second kappa shape index (κ2) is 27.1. The van der Waals surface area contributed by atoms with Crippen LogP contribution < -0.4 is 21.8 Å². The van der Waals surface area contributed by atoms with E-state index in [1.165, 1.54) is 0 Å². The molecule has 0 spiro atoms. The Morgan fingerprint density at radius 1 is 0.961 bits per heavy atom. The Morgan fingerprint density at radius 3 is 2.18 bits per heavy atom. The van der Waals surface area contributed by atoms with Crippen LogP contribution in [0.3, 0.4) is 0 Å². The van der Waals surface area contributed by atoms with Crippen LogP contribution in [0.25, 0.3) is 0 Å². The van der Waals surface area contributed by atoms with Crippen molar-refractivity contribution in [1.29, 1.82) is 0 Å². The predicted octanol–water partition coefficient (Wildman–Crippen LogP) is 5.01. The first kappa shape index (κ1) is 44.6. The van der Waals surface area contributed by atoms with Crippen LogP contribution in [0.2, 0.25) is 0 Å². The molecule has 0 radical (unpaired) electrons. The van der Waals surface area contributed by atoms with Crippen LogP contribution in [-0.2, 0) is 23.1 Å². The van der Waals surface area contributed by atoms with Crippen LogP contribution in [0.5, 0.6) is 0 Å². The van der Waals surface area contributed by atoms with Crippen LogP contribution >= 0.6 is 29.3 Å². The summed E-state index contributed by atoms with van der Waals surface area (Å²) in [5.74, 6) is 1.09. The molecule has 1 fully saturated rings. The summed E-state index contributed by atoms with van der Waals surface area (Å²) in [6.07, 6.45) is 24.4. The lowest BCUT2D eigenvalue weighted by Crippen LogP contribution is -2.36. The van der Waals surface area contributed by atoms with E-state index in [1.807, 2.05) is 0 Å². The van der Waals surface area contributed by atoms with E-state index in [4.69, 9.17) is 19.5 Å². The number of ether oxygens (including phenoxy) is 1. The van der Waals surface area contributed by atoms with E-state index in [-0.39, 0.29) is 25.1 Å². The highest BCUT2D eigenvalue weighted by molar-refractivity contribution is 8.76. The molecular formula is C34H55N6O8PS2. The number of unbranched alkanes of at least 4 members (excludes halogenated alkanes) is 1. The fraction of sp³-hybridized carbons (Fsp3) is 0.588. The number of allylic oxidation sites excluding steroid dienone is 10. The number of aliphatic hydroxyl groups is 2. The average Bonchev–Trinajstić information content (AvgIpc) is 3.38. The molecule has 0 aliphatic carbocycles. The first-order valence-corrected chi connectivity index (χ1v) is 21.4. The average molecular weight is 771 g/mol. The summed E-state index contributed by atoms with van der Waals surface area (Å²) in [4.78, 5) is 31.4. The first-order chi connectivity index (χ1) is 24.7. The highest BCUT2D eigenvalue weighted by Crippen LogP contribution is 2.44. The number of carbonyl (C=O) groups excluding carboxylic acids is 1. The van der Waals surface area contributed by atoms with Gasteiger partial charge >= 0.3 is 13.4 Å². The summed E-state index contributed by atoms with van der Waals surface area (Å²) in [6.45, 7) is 4.37. The third-order valence-corrected chi connectivity index (χ3v) is 11.2. The summed E-state index contributed by atoms with van der Waals surface area (Å²) >= 11 is 0. The number of aromatic nitrogens is 3. The number of nitrogens with two attached hydrogens (primary N) is 1. The first-order valence-electron chi connectivity index (χ1n) is 17.3. The molecule has 0 bridgehead atoms. The van der Waals surface area contributed by atoms with Crippen molar-refractivity contribution in [2.45, 2.75) is 89.8 Å². The Bertz CT molecular complexity index is 1390. The van der Waals surface area contributed by atoms with Gasteiger partial charge in [0.25, 0.3) is 0 Å². The third-order valence-electron chi connectivity index (χ3n) is 7.08. The van der Waals surface area contributed by atoms with Crippen molar-refractivity contribution in [2.24, 2.45) is 0 Å². The number of nitrogen functional groups attached to an aromatic ring is 1. The second-order valence-corrected chi connectivity index (χ2v) is 15.7. The molecule has 1 aromatic rings. The van der Waals surface area contributed by atoms with E-state index >= 15 is 0 Å². The standard InChI is InChI=1S/C34H55N6O8PS2/c1-3-5-6-7-8-9-10-11-12-13-14-15-16-17-18-19-20-21-29(41)36-22-24-50-51-25-23-38-49(45,46-4-2)47-26-28-30(42)31(43)32(48-28)40-27-37-33(35)39-34(40)44/h5-6,8-9,11-12,14-15,17-18,27-28,30-32,42-43H,3-4,7,10,13,16,19-26H2,1-2H3,(H,36,41)(H,38,45)(H2,35,39,44)/b6-5-,9-8-,12-11-,15-14-,18-17-/t28-,30-,31-,32?,49?/m1/s1. The molecule has 5 atom stereocenters. The van der Waals surface area contributed by atoms with Crippen molar-refractivity contribution in [3.63, 3.8) is 0 Å². The van der Waals surface area contributed by atoms with Crippen LogP contribution in [0.1, 0.15) is 71.4 Å². The minimum absolute atomic E-state index is 0.0356. The quantitative estimate of drug-likeness (QED) is 0.0346. The maximum atomic E-state index is 13.2. The predicted molar refractivity (Wildman–Crippen MR) is 206 cm³/mol. The molecule has 6 N–H and O–H groups in total. The molecule has 1 amide bonds. The zero-order valence-electron chi connectivity index (χ0n) is 29.6. The smallest absolute Gasteiger partial charge is 0.387 e. The topological polar surface area (TPSA) is 200 Å². The zero-order valence-corrected chi connectivity index (χ0v) is 32.1. The highest BCUT2D eigenvalue weighted by Gasteiger charge is 2.45. The molecule has 1 aliphatic heterocycles. The number of anilines is 1. The van der Waals surface area contributed by atoms with Crippen LogP contribution in [0.4, 0.5) is 5.95 Å². The lowest BCUT2D eigenvalue weighted by molar-refractivity contribution is -0.121. The Hall–Kier alpha value is -2.53. The van der Waals surface area contributed by atoms with Gasteiger partial charge in [0.05, 0.1) is 13.2 Å². The minimum Gasteiger partial charge on any atom is -0.387 e. The summed E-state index contributed by atoms with van der Waals surface area (Å²) in [5, 5.41) is 26.5. The molecule has 51 heavy (non-hydrogen) atoms. The number of hydrogen-bond donors (Lipinski definition) is 5. The number of hydrogen-bond acceptors (Lipinski definition) is 13. The monoisotopic (exact) mass is 770 g/mol. The Labute approximate surface area is 309 Å². The normalized spacial score (nSPS) is 20.9. The SMILES string of the molecule is CC/C=C\C/C=C\C/C=C\C/C=C\C/C=C\CCCC(=O)NCCSSCCNP(=O)(OCC)OC[C@H]1OC(n2cnc(N)nc2=O)[C@H](O)[C@@H]1O. The van der Waals surface area contributed by atoms with Gasteiger partial charge in [0.15, 0.2) is 6.23 Å². The van der Waals surface area contributed by atoms with E-state index in [0.29, 0.717) is 31.0 Å². The molecule has 286 valence electrons. The molecule has 17 heteroatoms. The van der Waals surface area contributed by atoms with Gasteiger partial charge in [0.1, 0.15) is 24.6 Å². The van der Waals surface area contributed by atoms with Crippen molar-refractivity contribution in [2.75, 3.05) is 43.5 Å². The molecule has 2 heterocycles. The van der Waals surface area contributed by atoms with Gasteiger partial charge in [-0.05, 0) is 51.9 Å². The summed E-state index contributed by atoms with van der Waals surface area (Å²) in [7, 11) is -0.633. The van der Waals surface area contributed by atoms with Gasteiger partial charge in [0, 0.05) is 31.0 Å². The molecule has 2 unspecified atom stereocenters. The van der Waals surface area contributed by atoms with Crippen molar-refractivity contribution >= 4 is 41.2 Å². The van der Waals surface area contributed by atoms with Gasteiger partial charge in [-0.1, -0.05) is 89.3 Å². The number of aliphatic hydroxyl groups excluding tert-OH is 2. The Kier molecular flexibility index (Phi) is 23.7. The van der Waals surface area contributed by atoms with Gasteiger partial charge in [-0.3, -0.25) is 18.4 Å². The van der Waals surface area contributed by atoms with Gasteiger partial charge < -0.3 is 26.0 Å². The number of amides is 1. The Balaban J connectivity index is 1.50. The van der Waals surface area contributed by atoms with E-state index < -0.39 is 38.0 Å². The van der Waals surface area contributed by atoms with Gasteiger partial charge in [-0.2, -0.15) is 4.98 Å². The second-order valence-electron chi connectivity index (χ2n) is 11.2. The molecule has 14 nitrogen and oxygen atoms in total. The number of carbonyl (C=O) groups is 1. The van der Waals surface area contributed by atoms with Gasteiger partial charge in [-0.25, -0.2) is 19.4 Å². The molecule has 2 rings (SSSR count). The summed E-state index contributed by atoms with van der Waals surface area (Å²) in [6, 6.07) is 0. The van der Waals surface area contributed by atoms with Crippen molar-refractivity contribution in [1.82, 2.24) is 24.9 Å². The lowest BCUT2D eigenvalue weighted by Gasteiger charge is -2.21. The molecule has 0 saturated carbocycles.